The molecule has 0 aliphatic rings. The van der Waals surface area contributed by atoms with Crippen molar-refractivity contribution in [1.29, 1.82) is 0 Å². The van der Waals surface area contributed by atoms with Gasteiger partial charge >= 0.3 is 0 Å². The van der Waals surface area contributed by atoms with E-state index in [9.17, 15) is 4.79 Å². The molecule has 1 aromatic rings. The highest BCUT2D eigenvalue weighted by atomic mass is 35.5. The Morgan fingerprint density at radius 2 is 2.18 bits per heavy atom. The summed E-state index contributed by atoms with van der Waals surface area (Å²) in [6, 6.07) is 0. The zero-order valence-electron chi connectivity index (χ0n) is 9.63. The summed E-state index contributed by atoms with van der Waals surface area (Å²) in [5.74, 6) is -0.180. The van der Waals surface area contributed by atoms with Crippen LogP contribution in [0.25, 0.3) is 0 Å². The van der Waals surface area contributed by atoms with Crippen LogP contribution >= 0.6 is 23.2 Å². The van der Waals surface area contributed by atoms with Gasteiger partial charge in [0.2, 0.25) is 5.91 Å². The third-order valence-electron chi connectivity index (χ3n) is 2.27. The minimum Gasteiger partial charge on any atom is -0.318 e. The normalized spacial score (nSPS) is 14.2. The molecule has 1 unspecified atom stereocenters. The first-order valence-corrected chi connectivity index (χ1v) is 5.90. The lowest BCUT2D eigenvalue weighted by atomic mass is 9.97. The molecule has 1 aromatic heterocycles. The number of hydrogen-bond donors (Lipinski definition) is 2. The Hall–Kier alpha value is -0.910. The minimum atomic E-state index is -0.963. The smallest absolute Gasteiger partial charge is 0.245 e. The van der Waals surface area contributed by atoms with Crippen molar-refractivity contribution in [2.45, 2.75) is 32.2 Å². The van der Waals surface area contributed by atoms with Crippen LogP contribution in [0, 0.1) is 0 Å². The van der Waals surface area contributed by atoms with E-state index >= 15 is 0 Å². The molecule has 0 saturated heterocycles. The van der Waals surface area contributed by atoms with E-state index in [1.807, 2.05) is 6.92 Å². The van der Waals surface area contributed by atoms with E-state index in [-0.39, 0.29) is 21.9 Å². The van der Waals surface area contributed by atoms with Gasteiger partial charge in [0.15, 0.2) is 11.0 Å². The molecule has 1 amide bonds. The van der Waals surface area contributed by atoms with Crippen molar-refractivity contribution in [3.8, 4) is 0 Å². The second-order valence-corrected chi connectivity index (χ2v) is 4.68. The molecule has 0 radical (unpaired) electrons. The highest BCUT2D eigenvalue weighted by molar-refractivity contribution is 6.42. The van der Waals surface area contributed by atoms with E-state index in [0.717, 1.165) is 6.42 Å². The lowest BCUT2D eigenvalue weighted by Gasteiger charge is -2.22. The van der Waals surface area contributed by atoms with E-state index in [4.69, 9.17) is 28.9 Å². The van der Waals surface area contributed by atoms with E-state index in [1.165, 1.54) is 6.33 Å². The first-order chi connectivity index (χ1) is 7.88. The number of rotatable bonds is 4. The van der Waals surface area contributed by atoms with Crippen LogP contribution in [0.15, 0.2) is 6.33 Å². The molecule has 0 aliphatic carbocycles. The van der Waals surface area contributed by atoms with Crippen molar-refractivity contribution in [3.05, 3.63) is 16.5 Å². The fraction of sp³-hybridized carbons (Fsp3) is 0.500. The highest BCUT2D eigenvalue weighted by Crippen LogP contribution is 2.26. The van der Waals surface area contributed by atoms with Gasteiger partial charge in [-0.25, -0.2) is 9.97 Å². The largest absolute Gasteiger partial charge is 0.318 e. The Kier molecular flexibility index (Phi) is 4.68. The molecule has 5 nitrogen and oxygen atoms in total. The Labute approximate surface area is 110 Å². The first-order valence-electron chi connectivity index (χ1n) is 5.15. The van der Waals surface area contributed by atoms with Gasteiger partial charge in [-0.05, 0) is 13.3 Å². The zero-order chi connectivity index (χ0) is 13.1. The monoisotopic (exact) mass is 276 g/mol. The number of carbonyl (C=O) groups excluding carboxylic acids is 1. The van der Waals surface area contributed by atoms with Gasteiger partial charge in [0, 0.05) is 0 Å². The molecule has 0 aromatic carbocycles. The van der Waals surface area contributed by atoms with Crippen LogP contribution in [-0.4, -0.2) is 21.4 Å². The summed E-state index contributed by atoms with van der Waals surface area (Å²) in [6.07, 6.45) is 2.59. The Balaban J connectivity index is 2.85. The number of nitrogens with zero attached hydrogens (tertiary/aromatic N) is 2. The molecule has 0 spiro atoms. The fourth-order valence-corrected chi connectivity index (χ4v) is 1.60. The maximum atomic E-state index is 11.9. The fourth-order valence-electron chi connectivity index (χ4n) is 1.32. The van der Waals surface area contributed by atoms with E-state index < -0.39 is 5.54 Å². The van der Waals surface area contributed by atoms with Gasteiger partial charge in [-0.2, -0.15) is 0 Å². The number of aromatic nitrogens is 2. The van der Waals surface area contributed by atoms with Crippen LogP contribution in [0.4, 0.5) is 5.82 Å². The van der Waals surface area contributed by atoms with Crippen molar-refractivity contribution < 1.29 is 4.79 Å². The summed E-state index contributed by atoms with van der Waals surface area (Å²) >= 11 is 11.6. The maximum absolute atomic E-state index is 11.9. The van der Waals surface area contributed by atoms with Crippen molar-refractivity contribution in [3.63, 3.8) is 0 Å². The van der Waals surface area contributed by atoms with Crippen molar-refractivity contribution >= 4 is 34.9 Å². The van der Waals surface area contributed by atoms with Gasteiger partial charge in [-0.15, -0.1) is 0 Å². The number of hydrogen-bond acceptors (Lipinski definition) is 4. The number of nitrogens with one attached hydrogen (secondary N) is 1. The van der Waals surface area contributed by atoms with E-state index in [2.05, 4.69) is 15.3 Å². The lowest BCUT2D eigenvalue weighted by molar-refractivity contribution is -0.120. The van der Waals surface area contributed by atoms with Gasteiger partial charge in [-0.3, -0.25) is 4.79 Å². The van der Waals surface area contributed by atoms with Crippen LogP contribution in [-0.2, 0) is 4.79 Å². The van der Waals surface area contributed by atoms with Crippen LogP contribution in [0.3, 0.4) is 0 Å². The van der Waals surface area contributed by atoms with Crippen molar-refractivity contribution in [2.24, 2.45) is 5.73 Å². The molecule has 7 heteroatoms. The maximum Gasteiger partial charge on any atom is 0.245 e. The standard InChI is InChI=1S/C10H14Cl2N4O/c1-3-4-10(2,13)9(17)16-8-6(11)7(12)14-5-15-8/h5H,3-4,13H2,1-2H3,(H,14,15,16,17). The number of amides is 1. The third kappa shape index (κ3) is 3.52. The number of anilines is 1. The predicted octanol–water partition coefficient (Wildman–Crippen LogP) is 2.24. The predicted molar refractivity (Wildman–Crippen MR) is 68.2 cm³/mol. The van der Waals surface area contributed by atoms with Crippen molar-refractivity contribution in [2.75, 3.05) is 5.32 Å². The van der Waals surface area contributed by atoms with E-state index in [0.29, 0.717) is 6.42 Å². The van der Waals surface area contributed by atoms with Crippen LogP contribution < -0.4 is 11.1 Å². The first kappa shape index (κ1) is 14.2. The summed E-state index contributed by atoms with van der Waals surface area (Å²) in [5.41, 5.74) is 4.91. The molecular weight excluding hydrogens is 263 g/mol. The second kappa shape index (κ2) is 5.62. The molecule has 1 rings (SSSR count). The number of carbonyl (C=O) groups is 1. The highest BCUT2D eigenvalue weighted by Gasteiger charge is 2.28. The molecule has 94 valence electrons. The zero-order valence-corrected chi connectivity index (χ0v) is 11.1. The molecule has 1 atom stereocenters. The van der Waals surface area contributed by atoms with Gasteiger partial charge < -0.3 is 11.1 Å². The molecule has 0 saturated carbocycles. The van der Waals surface area contributed by atoms with Crippen LogP contribution in [0.5, 0.6) is 0 Å². The Morgan fingerprint density at radius 1 is 1.53 bits per heavy atom. The number of nitrogens with two attached hydrogens (primary N) is 1. The summed E-state index contributed by atoms with van der Waals surface area (Å²) in [6.45, 7) is 3.61. The summed E-state index contributed by atoms with van der Waals surface area (Å²) < 4.78 is 0. The quantitative estimate of drug-likeness (QED) is 0.827. The van der Waals surface area contributed by atoms with Gasteiger partial charge in [-0.1, -0.05) is 36.5 Å². The topological polar surface area (TPSA) is 80.9 Å². The average molecular weight is 277 g/mol. The summed E-state index contributed by atoms with van der Waals surface area (Å²) in [5, 5.41) is 2.74. The molecule has 0 aliphatic heterocycles. The molecule has 1 heterocycles. The van der Waals surface area contributed by atoms with Crippen LogP contribution in [0.2, 0.25) is 10.2 Å². The van der Waals surface area contributed by atoms with Gasteiger partial charge in [0.05, 0.1) is 5.54 Å². The third-order valence-corrected chi connectivity index (χ3v) is 3.01. The summed E-state index contributed by atoms with van der Waals surface area (Å²) in [7, 11) is 0. The van der Waals surface area contributed by atoms with Gasteiger partial charge in [0.25, 0.3) is 0 Å². The Morgan fingerprint density at radius 3 is 2.76 bits per heavy atom. The average Bonchev–Trinajstić information content (AvgIpc) is 2.24. The minimum absolute atomic E-state index is 0.0891. The Bertz CT molecular complexity index is 423. The molecule has 0 fully saturated rings. The number of halogens is 2. The SMILES string of the molecule is CCCC(C)(N)C(=O)Nc1ncnc(Cl)c1Cl. The lowest BCUT2D eigenvalue weighted by Crippen LogP contribution is -2.48. The van der Waals surface area contributed by atoms with Crippen LogP contribution in [0.1, 0.15) is 26.7 Å². The molecular formula is C10H14Cl2N4O. The molecule has 0 bridgehead atoms. The molecule has 3 N–H and O–H groups in total. The van der Waals surface area contributed by atoms with Gasteiger partial charge in [0.1, 0.15) is 11.3 Å². The van der Waals surface area contributed by atoms with Crippen molar-refractivity contribution in [1.82, 2.24) is 9.97 Å². The molecule has 17 heavy (non-hydrogen) atoms. The van der Waals surface area contributed by atoms with E-state index in [1.54, 1.807) is 6.92 Å². The summed E-state index contributed by atoms with van der Waals surface area (Å²) in [4.78, 5) is 19.4. The second-order valence-electron chi connectivity index (χ2n) is 3.95.